The topological polar surface area (TPSA) is 94.8 Å². The van der Waals surface area contributed by atoms with Crippen molar-refractivity contribution >= 4 is 33.4 Å². The number of aromatic hydroxyl groups is 1. The largest absolute Gasteiger partial charge is 0.507 e. The standard InChI is InChI=1S/C22H27BrN6O2/c1-2-9-24-22(31)28-10-5-6-15(14-28)12-25-20-11-18(16-7-3-4-8-19(16)30)27-21-17(23)13-26-29(20)21/h3-4,7-8,11,13,15,25,30H,2,5-6,9-10,12,14H2,1H3,(H,24,31). The first-order valence-electron chi connectivity index (χ1n) is 10.7. The van der Waals surface area contributed by atoms with Crippen LogP contribution in [0.3, 0.4) is 0 Å². The summed E-state index contributed by atoms with van der Waals surface area (Å²) in [6.45, 7) is 5.00. The van der Waals surface area contributed by atoms with Crippen molar-refractivity contribution in [2.45, 2.75) is 26.2 Å². The van der Waals surface area contributed by atoms with Crippen molar-refractivity contribution in [1.82, 2.24) is 24.8 Å². The Morgan fingerprint density at radius 2 is 2.19 bits per heavy atom. The molecule has 3 heterocycles. The molecule has 0 aliphatic carbocycles. The van der Waals surface area contributed by atoms with E-state index in [4.69, 9.17) is 0 Å². The maximum absolute atomic E-state index is 12.3. The van der Waals surface area contributed by atoms with Gasteiger partial charge in [0.25, 0.3) is 0 Å². The van der Waals surface area contributed by atoms with Gasteiger partial charge in [-0.15, -0.1) is 0 Å². The molecule has 0 spiro atoms. The smallest absolute Gasteiger partial charge is 0.317 e. The third-order valence-corrected chi connectivity index (χ3v) is 6.07. The second-order valence-electron chi connectivity index (χ2n) is 7.84. The molecule has 1 unspecified atom stereocenters. The first kappa shape index (κ1) is 21.4. The van der Waals surface area contributed by atoms with Gasteiger partial charge in [-0.25, -0.2) is 9.78 Å². The van der Waals surface area contributed by atoms with Crippen molar-refractivity contribution in [3.63, 3.8) is 0 Å². The van der Waals surface area contributed by atoms with Crippen LogP contribution in [0, 0.1) is 5.92 Å². The average Bonchev–Trinajstić information content (AvgIpc) is 3.17. The molecule has 0 saturated carbocycles. The number of aromatic nitrogens is 3. The zero-order valence-electron chi connectivity index (χ0n) is 17.5. The van der Waals surface area contributed by atoms with Gasteiger partial charge >= 0.3 is 6.03 Å². The van der Waals surface area contributed by atoms with E-state index in [9.17, 15) is 9.90 Å². The van der Waals surface area contributed by atoms with Crippen molar-refractivity contribution in [2.24, 2.45) is 5.92 Å². The number of nitrogens with one attached hydrogen (secondary N) is 2. The Balaban J connectivity index is 1.53. The molecule has 1 atom stereocenters. The van der Waals surface area contributed by atoms with Crippen molar-refractivity contribution in [1.29, 1.82) is 0 Å². The van der Waals surface area contributed by atoms with E-state index in [0.717, 1.165) is 42.6 Å². The monoisotopic (exact) mass is 486 g/mol. The predicted octanol–water partition coefficient (Wildman–Crippen LogP) is 4.11. The van der Waals surface area contributed by atoms with Gasteiger partial charge in [-0.2, -0.15) is 9.61 Å². The number of carbonyl (C=O) groups is 1. The van der Waals surface area contributed by atoms with Crippen LogP contribution in [0.25, 0.3) is 16.9 Å². The highest BCUT2D eigenvalue weighted by Crippen LogP contribution is 2.31. The molecule has 2 aromatic heterocycles. The number of benzene rings is 1. The zero-order chi connectivity index (χ0) is 21.8. The molecule has 3 aromatic rings. The molecular weight excluding hydrogens is 460 g/mol. The highest BCUT2D eigenvalue weighted by molar-refractivity contribution is 9.10. The number of nitrogens with zero attached hydrogens (tertiary/aromatic N) is 4. The Hall–Kier alpha value is -2.81. The van der Waals surface area contributed by atoms with Crippen molar-refractivity contribution in [3.05, 3.63) is 41.0 Å². The molecule has 0 bridgehead atoms. The van der Waals surface area contributed by atoms with Crippen LogP contribution in [0.5, 0.6) is 5.75 Å². The van der Waals surface area contributed by atoms with Crippen LogP contribution in [0.15, 0.2) is 41.0 Å². The minimum atomic E-state index is 0.0238. The van der Waals surface area contributed by atoms with Crippen LogP contribution in [-0.2, 0) is 0 Å². The molecule has 8 nitrogen and oxygen atoms in total. The first-order valence-corrected chi connectivity index (χ1v) is 11.5. The van der Waals surface area contributed by atoms with E-state index in [-0.39, 0.29) is 11.8 Å². The van der Waals surface area contributed by atoms with E-state index in [0.29, 0.717) is 35.9 Å². The number of phenolic OH excluding ortho intramolecular Hbond substituents is 1. The molecular formula is C22H27BrN6O2. The number of fused-ring (bicyclic) bond motifs is 1. The number of rotatable bonds is 6. The summed E-state index contributed by atoms with van der Waals surface area (Å²) in [5, 5.41) is 21.2. The van der Waals surface area contributed by atoms with Crippen LogP contribution in [0.2, 0.25) is 0 Å². The lowest BCUT2D eigenvalue weighted by Crippen LogP contribution is -2.46. The number of piperidine rings is 1. The maximum Gasteiger partial charge on any atom is 0.317 e. The maximum atomic E-state index is 12.3. The lowest BCUT2D eigenvalue weighted by atomic mass is 9.98. The summed E-state index contributed by atoms with van der Waals surface area (Å²) in [6, 6.07) is 9.08. The van der Waals surface area contributed by atoms with E-state index in [2.05, 4.69) is 43.6 Å². The van der Waals surface area contributed by atoms with Crippen LogP contribution in [-0.4, -0.2) is 56.8 Å². The quantitative estimate of drug-likeness (QED) is 0.487. The van der Waals surface area contributed by atoms with Gasteiger partial charge < -0.3 is 20.6 Å². The van der Waals surface area contributed by atoms with Gasteiger partial charge in [0.1, 0.15) is 11.6 Å². The Kier molecular flexibility index (Phi) is 6.60. The highest BCUT2D eigenvalue weighted by atomic mass is 79.9. The second kappa shape index (κ2) is 9.55. The van der Waals surface area contributed by atoms with Crippen molar-refractivity contribution in [2.75, 3.05) is 31.5 Å². The number of hydrogen-bond donors (Lipinski definition) is 3. The summed E-state index contributed by atoms with van der Waals surface area (Å²) in [5.41, 5.74) is 2.00. The number of carbonyl (C=O) groups excluding carboxylic acids is 1. The van der Waals surface area contributed by atoms with E-state index < -0.39 is 0 Å². The van der Waals surface area contributed by atoms with Crippen LogP contribution in [0.1, 0.15) is 26.2 Å². The number of anilines is 1. The van der Waals surface area contributed by atoms with Gasteiger partial charge in [0.05, 0.1) is 16.4 Å². The highest BCUT2D eigenvalue weighted by Gasteiger charge is 2.24. The van der Waals surface area contributed by atoms with E-state index in [1.807, 2.05) is 23.1 Å². The van der Waals surface area contributed by atoms with Gasteiger partial charge in [-0.05, 0) is 53.2 Å². The molecule has 4 rings (SSSR count). The van der Waals surface area contributed by atoms with Gasteiger partial charge in [0, 0.05) is 37.8 Å². The number of likely N-dealkylation sites (tertiary alicyclic amines) is 1. The fraction of sp³-hybridized carbons (Fsp3) is 0.409. The fourth-order valence-corrected chi connectivity index (χ4v) is 4.25. The van der Waals surface area contributed by atoms with Gasteiger partial charge in [0.2, 0.25) is 0 Å². The molecule has 164 valence electrons. The SMILES string of the molecule is CCCNC(=O)N1CCCC(CNc2cc(-c3ccccc3O)nc3c(Br)cnn23)C1. The van der Waals surface area contributed by atoms with E-state index in [1.54, 1.807) is 22.8 Å². The molecule has 9 heteroatoms. The van der Waals surface area contributed by atoms with Gasteiger partial charge in [0.15, 0.2) is 5.65 Å². The predicted molar refractivity (Wildman–Crippen MR) is 124 cm³/mol. The molecule has 1 fully saturated rings. The lowest BCUT2D eigenvalue weighted by molar-refractivity contribution is 0.168. The van der Waals surface area contributed by atoms with Crippen molar-refractivity contribution < 1.29 is 9.90 Å². The molecule has 0 radical (unpaired) electrons. The summed E-state index contributed by atoms with van der Waals surface area (Å²) < 4.78 is 2.53. The van der Waals surface area contributed by atoms with Gasteiger partial charge in [-0.3, -0.25) is 0 Å². The number of hydrogen-bond acceptors (Lipinski definition) is 5. The third-order valence-electron chi connectivity index (χ3n) is 5.51. The molecule has 1 aliphatic rings. The number of para-hydroxylation sites is 1. The molecule has 2 amide bonds. The Morgan fingerprint density at radius 1 is 1.35 bits per heavy atom. The number of urea groups is 1. The third kappa shape index (κ3) is 4.76. The summed E-state index contributed by atoms with van der Waals surface area (Å²) in [6.07, 6.45) is 4.70. The summed E-state index contributed by atoms with van der Waals surface area (Å²) in [7, 11) is 0. The summed E-state index contributed by atoms with van der Waals surface area (Å²) in [5.74, 6) is 1.32. The van der Waals surface area contributed by atoms with Crippen LogP contribution >= 0.6 is 15.9 Å². The minimum Gasteiger partial charge on any atom is -0.507 e. The molecule has 3 N–H and O–H groups in total. The Bertz CT molecular complexity index is 1070. The number of halogens is 1. The number of phenols is 1. The minimum absolute atomic E-state index is 0.0238. The molecule has 31 heavy (non-hydrogen) atoms. The van der Waals surface area contributed by atoms with Crippen LogP contribution in [0.4, 0.5) is 10.6 Å². The first-order chi connectivity index (χ1) is 15.1. The molecule has 1 aromatic carbocycles. The Labute approximate surface area is 189 Å². The molecule has 1 saturated heterocycles. The average molecular weight is 487 g/mol. The summed E-state index contributed by atoms with van der Waals surface area (Å²) >= 11 is 3.51. The number of amides is 2. The zero-order valence-corrected chi connectivity index (χ0v) is 19.1. The second-order valence-corrected chi connectivity index (χ2v) is 8.69. The van der Waals surface area contributed by atoms with Crippen molar-refractivity contribution in [3.8, 4) is 17.0 Å². The summed E-state index contributed by atoms with van der Waals surface area (Å²) in [4.78, 5) is 18.9. The van der Waals surface area contributed by atoms with E-state index >= 15 is 0 Å². The Morgan fingerprint density at radius 3 is 3.00 bits per heavy atom. The molecule has 1 aliphatic heterocycles. The van der Waals surface area contributed by atoms with Gasteiger partial charge in [-0.1, -0.05) is 19.1 Å². The fourth-order valence-electron chi connectivity index (χ4n) is 3.90. The lowest BCUT2D eigenvalue weighted by Gasteiger charge is -2.33. The van der Waals surface area contributed by atoms with Crippen LogP contribution < -0.4 is 10.6 Å². The normalized spacial score (nSPS) is 16.5. The van der Waals surface area contributed by atoms with E-state index in [1.165, 1.54) is 0 Å².